The molecule has 0 unspecified atom stereocenters. The number of ether oxygens (including phenoxy) is 2. The molecule has 4 rings (SSSR count). The monoisotopic (exact) mass is 491 g/mol. The fourth-order valence-corrected chi connectivity index (χ4v) is 4.27. The lowest BCUT2D eigenvalue weighted by molar-refractivity contribution is -0.117. The Labute approximate surface area is 206 Å². The van der Waals surface area contributed by atoms with Gasteiger partial charge in [0.05, 0.1) is 23.0 Å². The molecule has 5 N–H and O–H groups in total. The molecule has 0 radical (unpaired) electrons. The number of rotatable bonds is 7. The highest BCUT2D eigenvalue weighted by Crippen LogP contribution is 2.26. The first-order chi connectivity index (χ1) is 17.0. The summed E-state index contributed by atoms with van der Waals surface area (Å²) >= 11 is 1.38. The quantitative estimate of drug-likeness (QED) is 0.227. The van der Waals surface area contributed by atoms with Crippen molar-refractivity contribution in [2.75, 3.05) is 30.9 Å². The number of aliphatic imine (C=N–C) groups is 2. The van der Waals surface area contributed by atoms with E-state index in [4.69, 9.17) is 20.6 Å². The number of hydrogen-bond donors (Lipinski definition) is 4. The van der Waals surface area contributed by atoms with Crippen LogP contribution >= 0.6 is 11.3 Å². The lowest BCUT2D eigenvalue weighted by Gasteiger charge is -2.10. The van der Waals surface area contributed by atoms with Crippen molar-refractivity contribution in [2.45, 2.75) is 13.1 Å². The molecule has 180 valence electrons. The molecule has 11 heteroatoms. The Bertz CT molecular complexity index is 1290. The molecule has 0 saturated heterocycles. The average Bonchev–Trinajstić information content (AvgIpc) is 3.16. The Balaban J connectivity index is 1.60. The van der Waals surface area contributed by atoms with Crippen LogP contribution in [0.3, 0.4) is 0 Å². The Morgan fingerprint density at radius 2 is 1.97 bits per heavy atom. The van der Waals surface area contributed by atoms with Crippen LogP contribution in [0.5, 0.6) is 0 Å². The van der Waals surface area contributed by atoms with Gasteiger partial charge in [-0.25, -0.2) is 9.98 Å². The zero-order valence-electron chi connectivity index (χ0n) is 19.2. The molecule has 1 aliphatic heterocycles. The number of aryl methyl sites for hydroxylation is 1. The van der Waals surface area contributed by atoms with E-state index >= 15 is 0 Å². The van der Waals surface area contributed by atoms with Crippen LogP contribution in [-0.4, -0.2) is 54.9 Å². The Morgan fingerprint density at radius 1 is 1.23 bits per heavy atom. The molecule has 0 bridgehead atoms. The third kappa shape index (κ3) is 5.70. The number of fused-ring (bicyclic) bond motifs is 1. The van der Waals surface area contributed by atoms with E-state index in [-0.39, 0.29) is 11.9 Å². The summed E-state index contributed by atoms with van der Waals surface area (Å²) in [6.45, 7) is 2.87. The van der Waals surface area contributed by atoms with Gasteiger partial charge in [0, 0.05) is 24.8 Å². The van der Waals surface area contributed by atoms with Crippen molar-refractivity contribution in [3.05, 3.63) is 76.4 Å². The van der Waals surface area contributed by atoms with E-state index in [0.717, 1.165) is 16.1 Å². The normalized spacial score (nSPS) is 15.5. The van der Waals surface area contributed by atoms with Crippen molar-refractivity contribution in [3.63, 3.8) is 0 Å². The second-order valence-electron chi connectivity index (χ2n) is 7.48. The number of benzodiazepines with no additional fused rings is 1. The molecule has 1 atom stereocenters. The van der Waals surface area contributed by atoms with Gasteiger partial charge in [0.2, 0.25) is 12.1 Å². The minimum Gasteiger partial charge on any atom is -0.405 e. The smallest absolute Gasteiger partial charge is 0.291 e. The van der Waals surface area contributed by atoms with Gasteiger partial charge in [-0.1, -0.05) is 48.5 Å². The van der Waals surface area contributed by atoms with Crippen LogP contribution < -0.4 is 16.4 Å². The van der Waals surface area contributed by atoms with Gasteiger partial charge in [-0.3, -0.25) is 10.2 Å². The minimum atomic E-state index is -1.21. The maximum Gasteiger partial charge on any atom is 0.291 e. The number of para-hydroxylation sites is 1. The highest BCUT2D eigenvalue weighted by Gasteiger charge is 2.26. The van der Waals surface area contributed by atoms with E-state index in [9.17, 15) is 4.79 Å². The summed E-state index contributed by atoms with van der Waals surface area (Å²) in [5.41, 5.74) is 9.10. The summed E-state index contributed by atoms with van der Waals surface area (Å²) in [7, 11) is 1.61. The molecule has 0 spiro atoms. The predicted molar refractivity (Wildman–Crippen MR) is 138 cm³/mol. The molecule has 1 aromatic heterocycles. The first kappa shape index (κ1) is 24.0. The number of carbonyl (C=O) groups excluding carboxylic acids is 1. The molecule has 3 aromatic rings. The van der Waals surface area contributed by atoms with Crippen LogP contribution in [-0.2, 0) is 14.3 Å². The van der Waals surface area contributed by atoms with E-state index in [2.05, 4.69) is 25.6 Å². The summed E-state index contributed by atoms with van der Waals surface area (Å²) in [6, 6.07) is 16.5. The summed E-state index contributed by atoms with van der Waals surface area (Å²) in [5, 5.41) is 15.8. The fraction of sp³-hybridized carbons (Fsp3) is 0.208. The topological polar surface area (TPSA) is 147 Å². The van der Waals surface area contributed by atoms with Gasteiger partial charge < -0.3 is 25.8 Å². The van der Waals surface area contributed by atoms with Crippen LogP contribution in [0.2, 0.25) is 0 Å². The summed E-state index contributed by atoms with van der Waals surface area (Å²) in [6.07, 6.45) is -1.21. The van der Waals surface area contributed by atoms with Gasteiger partial charge in [-0.2, -0.15) is 4.99 Å². The SMILES string of the molecule is COCCNc1sc(C)nc1C(=N)OC(N)=N[C@H]1N=C(c2ccccc2)c2ccccc2NC1=O. The standard InChI is InChI=1S/C24H25N7O3S/c1-14-28-19(23(35-14)27-12-13-33-2)20(25)34-24(26)31-21-22(32)29-17-11-7-6-10-16(17)18(30-21)15-8-4-3-5-9-15/h3-11,21,25,27H,12-13H2,1-2H3,(H2,26,31)(H,29,32)/t21-/m1/s1. The van der Waals surface area contributed by atoms with E-state index in [1.54, 1.807) is 13.2 Å². The second-order valence-corrected chi connectivity index (χ2v) is 8.68. The van der Waals surface area contributed by atoms with Crippen molar-refractivity contribution < 1.29 is 14.3 Å². The molecule has 1 aliphatic rings. The van der Waals surface area contributed by atoms with Crippen LogP contribution in [0.15, 0.2) is 64.6 Å². The summed E-state index contributed by atoms with van der Waals surface area (Å²) in [5.74, 6) is -0.756. The first-order valence-corrected chi connectivity index (χ1v) is 11.6. The zero-order valence-corrected chi connectivity index (χ0v) is 20.1. The number of methoxy groups -OCH3 is 1. The van der Waals surface area contributed by atoms with Crippen LogP contribution in [0.4, 0.5) is 10.7 Å². The van der Waals surface area contributed by atoms with E-state index in [1.807, 2.05) is 55.5 Å². The Kier molecular flexibility index (Phi) is 7.48. The molecule has 0 saturated carbocycles. The number of benzene rings is 2. The van der Waals surface area contributed by atoms with Gasteiger partial charge in [0.1, 0.15) is 5.00 Å². The molecule has 0 fully saturated rings. The number of hydrogen-bond acceptors (Lipinski definition) is 9. The van der Waals surface area contributed by atoms with Crippen molar-refractivity contribution in [3.8, 4) is 0 Å². The highest BCUT2D eigenvalue weighted by atomic mass is 32.1. The third-order valence-corrected chi connectivity index (χ3v) is 5.90. The third-order valence-electron chi connectivity index (χ3n) is 4.97. The largest absolute Gasteiger partial charge is 0.405 e. The summed E-state index contributed by atoms with van der Waals surface area (Å²) < 4.78 is 10.5. The number of thiazole rings is 1. The number of amides is 1. The lowest BCUT2D eigenvalue weighted by atomic mass is 10.0. The molecule has 2 aromatic carbocycles. The lowest BCUT2D eigenvalue weighted by Crippen LogP contribution is -2.29. The van der Waals surface area contributed by atoms with Gasteiger partial charge in [-0.15, -0.1) is 11.3 Å². The highest BCUT2D eigenvalue weighted by molar-refractivity contribution is 7.16. The van der Waals surface area contributed by atoms with Crippen molar-refractivity contribution in [2.24, 2.45) is 15.7 Å². The number of carbonyl (C=O) groups is 1. The maximum atomic E-state index is 12.9. The first-order valence-electron chi connectivity index (χ1n) is 10.8. The van der Waals surface area contributed by atoms with Gasteiger partial charge >= 0.3 is 0 Å². The van der Waals surface area contributed by atoms with Crippen molar-refractivity contribution in [1.29, 1.82) is 5.41 Å². The number of anilines is 2. The molecular formula is C24H25N7O3S. The van der Waals surface area contributed by atoms with Crippen LogP contribution in [0, 0.1) is 12.3 Å². The fourth-order valence-electron chi connectivity index (χ4n) is 3.43. The molecule has 0 aliphatic carbocycles. The molecule has 2 heterocycles. The molecule has 10 nitrogen and oxygen atoms in total. The average molecular weight is 492 g/mol. The Hall–Kier alpha value is -4.09. The van der Waals surface area contributed by atoms with E-state index in [0.29, 0.717) is 35.2 Å². The molecule has 1 amide bonds. The minimum absolute atomic E-state index is 0.292. The van der Waals surface area contributed by atoms with E-state index in [1.165, 1.54) is 11.3 Å². The second kappa shape index (κ2) is 10.9. The molecular weight excluding hydrogens is 466 g/mol. The summed E-state index contributed by atoms with van der Waals surface area (Å²) in [4.78, 5) is 26.1. The maximum absolute atomic E-state index is 12.9. The zero-order chi connectivity index (χ0) is 24.8. The van der Waals surface area contributed by atoms with E-state index < -0.39 is 12.1 Å². The number of aromatic nitrogens is 1. The van der Waals surface area contributed by atoms with Crippen molar-refractivity contribution >= 4 is 45.6 Å². The predicted octanol–water partition coefficient (Wildman–Crippen LogP) is 2.98. The number of nitrogens with one attached hydrogen (secondary N) is 3. The number of nitrogens with two attached hydrogens (primary N) is 1. The number of nitrogens with zero attached hydrogens (tertiary/aromatic N) is 3. The van der Waals surface area contributed by atoms with Crippen LogP contribution in [0.1, 0.15) is 21.8 Å². The van der Waals surface area contributed by atoms with Gasteiger partial charge in [0.25, 0.3) is 11.9 Å². The van der Waals surface area contributed by atoms with Gasteiger partial charge in [0.15, 0.2) is 5.69 Å². The Morgan fingerprint density at radius 3 is 2.74 bits per heavy atom. The molecule has 35 heavy (non-hydrogen) atoms. The van der Waals surface area contributed by atoms with Crippen molar-refractivity contribution in [1.82, 2.24) is 4.98 Å². The van der Waals surface area contributed by atoms with Crippen LogP contribution in [0.25, 0.3) is 0 Å². The van der Waals surface area contributed by atoms with Gasteiger partial charge in [-0.05, 0) is 13.0 Å². The number of amidine groups is 1.